The quantitative estimate of drug-likeness (QED) is 0.172. The van der Waals surface area contributed by atoms with Crippen molar-refractivity contribution in [1.82, 2.24) is 39.5 Å². The van der Waals surface area contributed by atoms with Gasteiger partial charge in [0.2, 0.25) is 0 Å². The van der Waals surface area contributed by atoms with Gasteiger partial charge in [0.1, 0.15) is 6.33 Å². The zero-order chi connectivity index (χ0) is 46.3. The maximum atomic E-state index is 4.41. The highest BCUT2D eigenvalue weighted by molar-refractivity contribution is 5.56. The van der Waals surface area contributed by atoms with Gasteiger partial charge in [0, 0.05) is 137 Å². The number of fused-ring (bicyclic) bond motifs is 5. The molecule has 0 radical (unpaired) electrons. The van der Waals surface area contributed by atoms with Crippen LogP contribution in [-0.4, -0.2) is 102 Å². The van der Waals surface area contributed by atoms with Crippen LogP contribution >= 0.6 is 0 Å². The van der Waals surface area contributed by atoms with E-state index in [2.05, 4.69) is 174 Å². The highest BCUT2D eigenvalue weighted by Gasteiger charge is 2.22. The van der Waals surface area contributed by atoms with Gasteiger partial charge in [0.15, 0.2) is 0 Å². The summed E-state index contributed by atoms with van der Waals surface area (Å²) in [5.74, 6) is 0. The van der Waals surface area contributed by atoms with Gasteiger partial charge in [-0.15, -0.1) is 0 Å². The standard InChI is InChI=1S/2C12H17N.2C11H16N2.C10H15N3/c1-10(2)13-9-5-7-11-6-3-4-8-12(11)13;1-10(2)13-8-7-11-5-3-4-6-12(11)9-13;1-9(2)13-6-4-10-3-5-12-7-11(10)8-13;1-9(2)13-7-5-10-4-3-6-12-11(10)8-13;1-8(2)13-4-3-10-9(6-13)5-11-7-12-10/h3-4,6,8,10H,5,7,9H2,1-2H3;3-6,10H,7-9H2,1-2H3;3,5,7,9H,4,6,8H2,1-2H3;3-4,6,9H,5,7-8H2,1-2H3;5,7-8H,3-4,6H2,1-2H3. The maximum Gasteiger partial charge on any atom is 0.115 e. The molecule has 0 spiro atoms. The van der Waals surface area contributed by atoms with Crippen molar-refractivity contribution in [2.24, 2.45) is 0 Å². The maximum absolute atomic E-state index is 4.41. The summed E-state index contributed by atoms with van der Waals surface area (Å²) in [5, 5.41) is 0. The van der Waals surface area contributed by atoms with Crippen LogP contribution in [0, 0.1) is 0 Å². The predicted octanol–water partition coefficient (Wildman–Crippen LogP) is 10.2. The minimum absolute atomic E-state index is 0.619. The number of pyridine rings is 2. The second kappa shape index (κ2) is 24.8. The van der Waals surface area contributed by atoms with Gasteiger partial charge in [0.25, 0.3) is 0 Å². The zero-order valence-corrected chi connectivity index (χ0v) is 41.8. The zero-order valence-electron chi connectivity index (χ0n) is 41.8. The van der Waals surface area contributed by atoms with Gasteiger partial charge in [-0.1, -0.05) is 48.5 Å². The molecule has 5 aliphatic rings. The van der Waals surface area contributed by atoms with Crippen LogP contribution in [0.3, 0.4) is 0 Å². The van der Waals surface area contributed by atoms with Gasteiger partial charge in [-0.2, -0.15) is 0 Å². The van der Waals surface area contributed by atoms with Crippen LogP contribution in [0.25, 0.3) is 0 Å². The summed E-state index contributed by atoms with van der Waals surface area (Å²) in [7, 11) is 0. The van der Waals surface area contributed by atoms with Crippen molar-refractivity contribution in [3.8, 4) is 0 Å². The number of rotatable bonds is 5. The van der Waals surface area contributed by atoms with E-state index < -0.39 is 0 Å². The van der Waals surface area contributed by atoms with Crippen LogP contribution < -0.4 is 4.90 Å². The molecule has 10 rings (SSSR count). The Morgan fingerprint density at radius 1 is 0.385 bits per heavy atom. The Labute approximate surface area is 393 Å². The normalized spacial score (nSPS) is 17.2. The third-order valence-corrected chi connectivity index (χ3v) is 13.8. The van der Waals surface area contributed by atoms with E-state index in [9.17, 15) is 0 Å². The van der Waals surface area contributed by atoms with E-state index in [0.717, 1.165) is 45.6 Å². The second-order valence-electron chi connectivity index (χ2n) is 19.8. The lowest BCUT2D eigenvalue weighted by Crippen LogP contribution is -2.36. The molecule has 2 aromatic carbocycles. The van der Waals surface area contributed by atoms with Crippen molar-refractivity contribution in [2.75, 3.05) is 37.6 Å². The monoisotopic (exact) mass is 880 g/mol. The van der Waals surface area contributed by atoms with E-state index in [4.69, 9.17) is 0 Å². The van der Waals surface area contributed by atoms with E-state index in [-0.39, 0.29) is 0 Å². The molecule has 0 amide bonds. The minimum atomic E-state index is 0.619. The summed E-state index contributed by atoms with van der Waals surface area (Å²) in [6.07, 6.45) is 16.5. The molecule has 3 aromatic heterocycles. The molecule has 0 unspecified atom stereocenters. The highest BCUT2D eigenvalue weighted by atomic mass is 15.2. The Morgan fingerprint density at radius 2 is 0.908 bits per heavy atom. The number of nitrogens with zero attached hydrogens (tertiary/aromatic N) is 9. The van der Waals surface area contributed by atoms with Gasteiger partial charge >= 0.3 is 0 Å². The average Bonchev–Trinajstić information content (AvgIpc) is 3.33. The molecule has 0 saturated carbocycles. The van der Waals surface area contributed by atoms with E-state index in [1.807, 2.05) is 30.9 Å². The first-order valence-electron chi connectivity index (χ1n) is 24.9. The lowest BCUT2D eigenvalue weighted by atomic mass is 9.99. The number of anilines is 1. The van der Waals surface area contributed by atoms with Crippen molar-refractivity contribution in [1.29, 1.82) is 0 Å². The fourth-order valence-electron chi connectivity index (χ4n) is 9.45. The largest absolute Gasteiger partial charge is 0.369 e. The summed E-state index contributed by atoms with van der Waals surface area (Å²) in [6.45, 7) is 32.7. The lowest BCUT2D eigenvalue weighted by molar-refractivity contribution is 0.200. The van der Waals surface area contributed by atoms with E-state index in [1.165, 1.54) is 102 Å². The Bertz CT molecular complexity index is 1930. The molecule has 0 fully saturated rings. The SMILES string of the molecule is CC(C)N1CCCc2ccccc21.CC(C)N1CCc2ccccc2C1.CC(C)N1CCc2cccnc2C1.CC(C)N1CCc2ccncc2C1.CC(C)N1CCc2ncncc2C1. The predicted molar refractivity (Wildman–Crippen MR) is 271 cm³/mol. The van der Waals surface area contributed by atoms with E-state index in [0.29, 0.717) is 30.2 Å². The Kier molecular flexibility index (Phi) is 19.1. The summed E-state index contributed by atoms with van der Waals surface area (Å²) in [5.41, 5.74) is 14.1. The van der Waals surface area contributed by atoms with Crippen molar-refractivity contribution < 1.29 is 0 Å². The molecule has 65 heavy (non-hydrogen) atoms. The minimum Gasteiger partial charge on any atom is -0.369 e. The lowest BCUT2D eigenvalue weighted by Gasteiger charge is -2.34. The fourth-order valence-corrected chi connectivity index (χ4v) is 9.45. The van der Waals surface area contributed by atoms with Gasteiger partial charge < -0.3 is 4.90 Å². The van der Waals surface area contributed by atoms with Gasteiger partial charge in [-0.05, 0) is 153 Å². The average molecular weight is 880 g/mol. The first kappa shape index (κ1) is 49.9. The number of para-hydroxylation sites is 1. The number of benzene rings is 2. The summed E-state index contributed by atoms with van der Waals surface area (Å²) >= 11 is 0. The van der Waals surface area contributed by atoms with Crippen LogP contribution in [0.15, 0.2) is 97.8 Å². The van der Waals surface area contributed by atoms with Crippen molar-refractivity contribution in [3.63, 3.8) is 0 Å². The molecule has 0 N–H and O–H groups in total. The Hall–Kier alpha value is -4.54. The van der Waals surface area contributed by atoms with Gasteiger partial charge in [-0.25, -0.2) is 9.97 Å². The first-order valence-corrected chi connectivity index (χ1v) is 24.9. The molecule has 350 valence electrons. The topological polar surface area (TPSA) is 67.8 Å². The van der Waals surface area contributed by atoms with Crippen LogP contribution in [-0.2, 0) is 58.3 Å². The Balaban J connectivity index is 0.000000135. The van der Waals surface area contributed by atoms with E-state index >= 15 is 0 Å². The van der Waals surface area contributed by atoms with Crippen LogP contribution in [0.2, 0.25) is 0 Å². The smallest absolute Gasteiger partial charge is 0.115 e. The van der Waals surface area contributed by atoms with E-state index in [1.54, 1.807) is 11.9 Å². The summed E-state index contributed by atoms with van der Waals surface area (Å²) < 4.78 is 0. The summed E-state index contributed by atoms with van der Waals surface area (Å²) in [6, 6.07) is 27.1. The molecule has 5 aromatic rings. The van der Waals surface area contributed by atoms with Crippen LogP contribution in [0.5, 0.6) is 0 Å². The Morgan fingerprint density at radius 3 is 1.57 bits per heavy atom. The third kappa shape index (κ3) is 14.5. The molecule has 5 aliphatic heterocycles. The number of hydrogen-bond donors (Lipinski definition) is 0. The van der Waals surface area contributed by atoms with Crippen molar-refractivity contribution in [3.05, 3.63) is 148 Å². The van der Waals surface area contributed by atoms with Crippen LogP contribution in [0.4, 0.5) is 5.69 Å². The first-order chi connectivity index (χ1) is 31.4. The fraction of sp³-hybridized carbons (Fsp3) is 0.536. The second-order valence-corrected chi connectivity index (χ2v) is 19.8. The van der Waals surface area contributed by atoms with Gasteiger partial charge in [0.05, 0.1) is 5.69 Å². The molecule has 0 bridgehead atoms. The molecule has 0 saturated heterocycles. The molecular formula is C56H81N9. The molecule has 8 heterocycles. The number of aryl methyl sites for hydroxylation is 1. The summed E-state index contributed by atoms with van der Waals surface area (Å²) in [4.78, 5) is 29.3. The molecule has 0 aliphatic carbocycles. The third-order valence-electron chi connectivity index (χ3n) is 13.8. The molecular weight excluding hydrogens is 799 g/mol. The molecule has 0 atom stereocenters. The molecule has 9 heteroatoms. The molecule has 9 nitrogen and oxygen atoms in total. The van der Waals surface area contributed by atoms with Crippen molar-refractivity contribution in [2.45, 2.75) is 164 Å². The van der Waals surface area contributed by atoms with Crippen molar-refractivity contribution >= 4 is 5.69 Å². The number of hydrogen-bond acceptors (Lipinski definition) is 9. The number of aromatic nitrogens is 4. The highest BCUT2D eigenvalue weighted by Crippen LogP contribution is 2.28. The van der Waals surface area contributed by atoms with Gasteiger partial charge in [-0.3, -0.25) is 29.6 Å². The van der Waals surface area contributed by atoms with Crippen LogP contribution in [0.1, 0.15) is 126 Å².